The zero-order chi connectivity index (χ0) is 7.49. The highest BCUT2D eigenvalue weighted by Crippen LogP contribution is 1.88. The topological polar surface area (TPSA) is 57.2 Å². The molecule has 1 unspecified atom stereocenters. The van der Waals surface area contributed by atoms with E-state index in [1.807, 2.05) is 0 Å². The summed E-state index contributed by atoms with van der Waals surface area (Å²) < 4.78 is 20.4. The molecule has 1 atom stereocenters. The van der Waals surface area contributed by atoms with Gasteiger partial charge < -0.3 is 4.55 Å². The summed E-state index contributed by atoms with van der Waals surface area (Å²) in [6.07, 6.45) is 0.0336. The maximum Gasteiger partial charge on any atom is 0.130 e. The lowest BCUT2D eigenvalue weighted by molar-refractivity contribution is -0.116. The van der Waals surface area contributed by atoms with Crippen molar-refractivity contribution in [3.8, 4) is 0 Å². The Hall–Kier alpha value is -0.0000000000000000555. The molecular weight excluding hydrogens is 160 g/mol. The van der Waals surface area contributed by atoms with Gasteiger partial charge in [-0.3, -0.25) is 9.00 Å². The lowest BCUT2D eigenvalue weighted by Crippen LogP contribution is -2.06. The molecule has 0 aromatic rings. The molecule has 0 rings (SSSR count). The van der Waals surface area contributed by atoms with Gasteiger partial charge in [-0.25, -0.2) is 0 Å². The van der Waals surface area contributed by atoms with Crippen LogP contribution in [0, 0.1) is 0 Å². The third kappa shape index (κ3) is 8.00. The highest BCUT2D eigenvalue weighted by molar-refractivity contribution is 8.29. The number of hydrogen-bond donors (Lipinski definition) is 0. The molecule has 0 saturated heterocycles. The van der Waals surface area contributed by atoms with E-state index in [2.05, 4.69) is 11.2 Å². The number of Topliss-reactive ketones (excluding diaryl/α,β-unsaturated/α-hetero) is 1. The average Bonchev–Trinajstić information content (AvgIpc) is 1.59. The Kier molecular flexibility index (Phi) is 3.24. The maximum absolute atomic E-state index is 10.2. The smallest absolute Gasteiger partial charge is 0.130 e. The van der Waals surface area contributed by atoms with Gasteiger partial charge >= 0.3 is 0 Å². The van der Waals surface area contributed by atoms with Gasteiger partial charge in [0.05, 0.1) is 0 Å². The van der Waals surface area contributed by atoms with E-state index < -0.39 is 8.77 Å². The van der Waals surface area contributed by atoms with Gasteiger partial charge in [-0.1, -0.05) is 0 Å². The van der Waals surface area contributed by atoms with Crippen molar-refractivity contribution in [1.82, 2.24) is 0 Å². The number of rotatable bonds is 3. The normalized spacial score (nSPS) is 16.7. The van der Waals surface area contributed by atoms with E-state index in [9.17, 15) is 13.6 Å². The standard InChI is InChI=1S/C4H8O3S2/c1-4(5)2-3-9(6,7)8/h2-3H2,1H3,(H,6,7,8)/p-1. The highest BCUT2D eigenvalue weighted by atomic mass is 32.8. The van der Waals surface area contributed by atoms with E-state index in [1.54, 1.807) is 0 Å². The Labute approximate surface area is 59.0 Å². The Morgan fingerprint density at radius 2 is 2.22 bits per heavy atom. The molecule has 0 saturated carbocycles. The van der Waals surface area contributed by atoms with Crippen molar-refractivity contribution >= 4 is 25.7 Å². The van der Waals surface area contributed by atoms with Gasteiger partial charge in [0.2, 0.25) is 0 Å². The van der Waals surface area contributed by atoms with Crippen LogP contribution in [0.5, 0.6) is 0 Å². The molecule has 0 spiro atoms. The first-order valence-corrected chi connectivity index (χ1v) is 4.92. The second kappa shape index (κ2) is 3.24. The summed E-state index contributed by atoms with van der Waals surface area (Å²) in [5.41, 5.74) is 0. The van der Waals surface area contributed by atoms with E-state index in [-0.39, 0.29) is 18.0 Å². The second-order valence-electron chi connectivity index (χ2n) is 1.71. The molecule has 3 nitrogen and oxygen atoms in total. The van der Waals surface area contributed by atoms with Crippen LogP contribution in [0.4, 0.5) is 0 Å². The molecule has 0 aliphatic heterocycles. The SMILES string of the molecule is CC(=O)CCS(=O)([O-])=S. The Morgan fingerprint density at radius 1 is 1.78 bits per heavy atom. The molecule has 0 heterocycles. The van der Waals surface area contributed by atoms with Crippen LogP contribution in [0.1, 0.15) is 13.3 Å². The summed E-state index contributed by atoms with van der Waals surface area (Å²) in [6, 6.07) is 0. The van der Waals surface area contributed by atoms with Crippen molar-refractivity contribution in [2.75, 3.05) is 5.75 Å². The molecular formula is C4H7O3S2-. The molecule has 0 bridgehead atoms. The first-order chi connectivity index (χ1) is 3.92. The summed E-state index contributed by atoms with van der Waals surface area (Å²) in [5.74, 6) is -0.360. The van der Waals surface area contributed by atoms with Crippen molar-refractivity contribution in [2.45, 2.75) is 13.3 Å². The lowest BCUT2D eigenvalue weighted by atomic mass is 10.4. The molecule has 0 N–H and O–H groups in total. The fourth-order valence-corrected chi connectivity index (χ4v) is 1.06. The number of ketones is 1. The molecule has 9 heavy (non-hydrogen) atoms. The molecule has 5 heteroatoms. The first-order valence-electron chi connectivity index (χ1n) is 2.35. The zero-order valence-electron chi connectivity index (χ0n) is 4.96. The molecule has 54 valence electrons. The summed E-state index contributed by atoms with van der Waals surface area (Å²) in [6.45, 7) is 1.33. The third-order valence-corrected chi connectivity index (χ3v) is 1.91. The minimum atomic E-state index is -3.36. The van der Waals surface area contributed by atoms with E-state index in [1.165, 1.54) is 6.92 Å². The van der Waals surface area contributed by atoms with Crippen molar-refractivity contribution in [3.05, 3.63) is 0 Å². The minimum Gasteiger partial charge on any atom is -0.769 e. The van der Waals surface area contributed by atoms with Gasteiger partial charge in [-0.05, 0) is 26.9 Å². The monoisotopic (exact) mass is 167 g/mol. The van der Waals surface area contributed by atoms with Crippen LogP contribution in [0.25, 0.3) is 0 Å². The van der Waals surface area contributed by atoms with Crippen LogP contribution < -0.4 is 0 Å². The van der Waals surface area contributed by atoms with Crippen molar-refractivity contribution in [2.24, 2.45) is 0 Å². The van der Waals surface area contributed by atoms with E-state index in [4.69, 9.17) is 0 Å². The lowest BCUT2D eigenvalue weighted by Gasteiger charge is -2.06. The Morgan fingerprint density at radius 3 is 2.33 bits per heavy atom. The molecule has 0 aromatic heterocycles. The maximum atomic E-state index is 10.2. The minimum absolute atomic E-state index is 0.0336. The van der Waals surface area contributed by atoms with Crippen molar-refractivity contribution in [1.29, 1.82) is 0 Å². The van der Waals surface area contributed by atoms with Crippen LogP contribution >= 0.6 is 0 Å². The Balaban J connectivity index is 3.67. The van der Waals surface area contributed by atoms with E-state index in [0.29, 0.717) is 0 Å². The van der Waals surface area contributed by atoms with Gasteiger partial charge in [0, 0.05) is 12.2 Å². The van der Waals surface area contributed by atoms with Gasteiger partial charge in [0.25, 0.3) is 0 Å². The molecule has 0 aromatic carbocycles. The van der Waals surface area contributed by atoms with Crippen LogP contribution in [-0.4, -0.2) is 20.3 Å². The fourth-order valence-electron chi connectivity index (χ4n) is 0.269. The third-order valence-electron chi connectivity index (χ3n) is 0.704. The van der Waals surface area contributed by atoms with Crippen LogP contribution in [0.15, 0.2) is 0 Å². The van der Waals surface area contributed by atoms with Crippen LogP contribution in [0.2, 0.25) is 0 Å². The quantitative estimate of drug-likeness (QED) is 0.586. The molecule has 0 radical (unpaired) electrons. The summed E-state index contributed by atoms with van der Waals surface area (Å²) in [4.78, 5) is 10.2. The van der Waals surface area contributed by atoms with E-state index >= 15 is 0 Å². The van der Waals surface area contributed by atoms with Gasteiger partial charge in [0.15, 0.2) is 0 Å². The van der Waals surface area contributed by atoms with Gasteiger partial charge in [-0.15, -0.1) is 0 Å². The van der Waals surface area contributed by atoms with Gasteiger partial charge in [-0.2, -0.15) is 0 Å². The molecule has 0 aliphatic rings. The number of hydrogen-bond acceptors (Lipinski definition) is 4. The predicted octanol–water partition coefficient (Wildman–Crippen LogP) is -0.158. The molecule has 0 amide bonds. The predicted molar refractivity (Wildman–Crippen MR) is 36.4 cm³/mol. The van der Waals surface area contributed by atoms with Crippen molar-refractivity contribution < 1.29 is 13.6 Å². The Bertz CT molecular complexity index is 192. The fraction of sp³-hybridized carbons (Fsp3) is 0.750. The summed E-state index contributed by atoms with van der Waals surface area (Å²) >= 11 is 4.02. The number of carbonyl (C=O) groups is 1. The first kappa shape index (κ1) is 9.00. The van der Waals surface area contributed by atoms with Crippen LogP contribution in [-0.2, 0) is 24.8 Å². The van der Waals surface area contributed by atoms with E-state index in [0.717, 1.165) is 0 Å². The number of carbonyl (C=O) groups excluding carboxylic acids is 1. The molecule has 0 fully saturated rings. The summed E-state index contributed by atoms with van der Waals surface area (Å²) in [7, 11) is -3.36. The highest BCUT2D eigenvalue weighted by Gasteiger charge is 1.94. The van der Waals surface area contributed by atoms with Gasteiger partial charge in [0.1, 0.15) is 5.78 Å². The average molecular weight is 167 g/mol. The molecule has 0 aliphatic carbocycles. The second-order valence-corrected chi connectivity index (χ2v) is 4.76. The largest absolute Gasteiger partial charge is 0.769 e. The summed E-state index contributed by atoms with van der Waals surface area (Å²) in [5, 5.41) is 0. The van der Waals surface area contributed by atoms with Crippen LogP contribution in [0.3, 0.4) is 0 Å². The van der Waals surface area contributed by atoms with Crippen molar-refractivity contribution in [3.63, 3.8) is 0 Å². The zero-order valence-corrected chi connectivity index (χ0v) is 6.59.